The van der Waals surface area contributed by atoms with Crippen LogP contribution in [0.15, 0.2) is 33.9 Å². The van der Waals surface area contributed by atoms with Gasteiger partial charge in [-0.1, -0.05) is 12.1 Å². The maximum absolute atomic E-state index is 14.5. The summed E-state index contributed by atoms with van der Waals surface area (Å²) in [7, 11) is 2.63. The first-order valence-corrected chi connectivity index (χ1v) is 8.79. The van der Waals surface area contributed by atoms with Crippen molar-refractivity contribution in [2.75, 3.05) is 7.11 Å². The van der Waals surface area contributed by atoms with Gasteiger partial charge >= 0.3 is 11.7 Å². The number of carbonyl (C=O) groups is 1. The van der Waals surface area contributed by atoms with Crippen LogP contribution in [0.3, 0.4) is 0 Å². The zero-order valence-corrected chi connectivity index (χ0v) is 16.3. The van der Waals surface area contributed by atoms with E-state index in [-0.39, 0.29) is 16.9 Å². The van der Waals surface area contributed by atoms with Gasteiger partial charge in [0.1, 0.15) is 12.4 Å². The first kappa shape index (κ1) is 18.7. The highest BCUT2D eigenvalue weighted by molar-refractivity contribution is 5.78. The lowest BCUT2D eigenvalue weighted by molar-refractivity contribution is -0.141. The van der Waals surface area contributed by atoms with Crippen molar-refractivity contribution in [1.29, 1.82) is 0 Å². The third-order valence-electron chi connectivity index (χ3n) is 5.13. The van der Waals surface area contributed by atoms with Gasteiger partial charge in [-0.2, -0.15) is 4.98 Å². The predicted octanol–water partition coefficient (Wildman–Crippen LogP) is 1.07. The molecule has 4 aromatic rings. The smallest absolute Gasteiger partial charge is 0.333 e. The molecule has 0 amide bonds. The molecule has 150 valence electrons. The zero-order valence-electron chi connectivity index (χ0n) is 16.3. The van der Waals surface area contributed by atoms with Gasteiger partial charge in [-0.05, 0) is 26.0 Å². The number of aryl methyl sites for hydroxylation is 2. The van der Waals surface area contributed by atoms with E-state index >= 15 is 0 Å². The minimum Gasteiger partial charge on any atom is -0.468 e. The molecule has 3 heterocycles. The Morgan fingerprint density at radius 2 is 1.86 bits per heavy atom. The Bertz CT molecular complexity index is 1420. The average molecular weight is 399 g/mol. The van der Waals surface area contributed by atoms with E-state index < -0.39 is 29.6 Å². The fourth-order valence-electron chi connectivity index (χ4n) is 3.51. The zero-order chi connectivity index (χ0) is 21.0. The van der Waals surface area contributed by atoms with Crippen molar-refractivity contribution in [1.82, 2.24) is 23.1 Å². The standard InChI is InChI=1S/C19H18FN5O4/c1-10-11(2)25-15-16(21-18(25)24(10)13-8-6-5-7-12(13)20)22(3)19(28)23(17(15)27)9-14(26)29-4/h5-8H,9H2,1-4H3. The van der Waals surface area contributed by atoms with Crippen molar-refractivity contribution in [3.8, 4) is 5.69 Å². The second kappa shape index (κ2) is 6.43. The lowest BCUT2D eigenvalue weighted by Crippen LogP contribution is -2.41. The molecule has 0 unspecified atom stereocenters. The number of methoxy groups -OCH3 is 1. The summed E-state index contributed by atoms with van der Waals surface area (Å²) in [6.45, 7) is 3.05. The van der Waals surface area contributed by atoms with Gasteiger partial charge in [0.05, 0.1) is 12.8 Å². The fourth-order valence-corrected chi connectivity index (χ4v) is 3.51. The number of hydrogen-bond donors (Lipinski definition) is 0. The van der Waals surface area contributed by atoms with Gasteiger partial charge in [0, 0.05) is 18.4 Å². The predicted molar refractivity (Wildman–Crippen MR) is 103 cm³/mol. The number of nitrogens with zero attached hydrogens (tertiary/aromatic N) is 5. The van der Waals surface area contributed by atoms with Crippen LogP contribution in [-0.2, 0) is 23.1 Å². The highest BCUT2D eigenvalue weighted by Gasteiger charge is 2.24. The molecule has 0 saturated carbocycles. The van der Waals surface area contributed by atoms with E-state index in [1.54, 1.807) is 41.0 Å². The van der Waals surface area contributed by atoms with E-state index in [0.29, 0.717) is 17.2 Å². The van der Waals surface area contributed by atoms with Crippen LogP contribution in [0.1, 0.15) is 11.4 Å². The third kappa shape index (κ3) is 2.52. The Kier molecular flexibility index (Phi) is 4.14. The van der Waals surface area contributed by atoms with Crippen molar-refractivity contribution in [3.05, 3.63) is 62.3 Å². The molecule has 0 saturated heterocycles. The average Bonchev–Trinajstić information content (AvgIpc) is 3.20. The van der Waals surface area contributed by atoms with Crippen molar-refractivity contribution in [2.24, 2.45) is 7.05 Å². The number of ether oxygens (including phenoxy) is 1. The van der Waals surface area contributed by atoms with Gasteiger partial charge in [-0.3, -0.25) is 23.1 Å². The van der Waals surface area contributed by atoms with Gasteiger partial charge in [0.15, 0.2) is 11.2 Å². The number of fused-ring (bicyclic) bond motifs is 3. The Morgan fingerprint density at radius 1 is 1.17 bits per heavy atom. The van der Waals surface area contributed by atoms with Crippen LogP contribution >= 0.6 is 0 Å². The van der Waals surface area contributed by atoms with E-state index in [1.165, 1.54) is 24.8 Å². The lowest BCUT2D eigenvalue weighted by atomic mass is 10.3. The molecule has 0 aliphatic carbocycles. The number of carbonyl (C=O) groups excluding carboxylic acids is 1. The van der Waals surface area contributed by atoms with Crippen LogP contribution in [0, 0.1) is 19.7 Å². The van der Waals surface area contributed by atoms with Crippen LogP contribution in [0.25, 0.3) is 22.6 Å². The molecule has 0 N–H and O–H groups in total. The molecule has 29 heavy (non-hydrogen) atoms. The maximum atomic E-state index is 14.5. The van der Waals surface area contributed by atoms with Crippen molar-refractivity contribution in [2.45, 2.75) is 20.4 Å². The van der Waals surface area contributed by atoms with Gasteiger partial charge in [-0.15, -0.1) is 0 Å². The van der Waals surface area contributed by atoms with Gasteiger partial charge in [-0.25, -0.2) is 13.8 Å². The summed E-state index contributed by atoms with van der Waals surface area (Å²) in [6, 6.07) is 6.22. The number of aromatic nitrogens is 5. The summed E-state index contributed by atoms with van der Waals surface area (Å²) in [5, 5.41) is 0. The van der Waals surface area contributed by atoms with E-state index in [4.69, 9.17) is 0 Å². The second-order valence-corrected chi connectivity index (χ2v) is 6.69. The van der Waals surface area contributed by atoms with Crippen molar-refractivity contribution >= 4 is 22.9 Å². The van der Waals surface area contributed by atoms with Gasteiger partial charge < -0.3 is 4.74 Å². The number of rotatable bonds is 3. The van der Waals surface area contributed by atoms with E-state index in [0.717, 1.165) is 4.57 Å². The molecule has 0 bridgehead atoms. The van der Waals surface area contributed by atoms with Crippen LogP contribution < -0.4 is 11.2 Å². The molecule has 0 spiro atoms. The summed E-state index contributed by atoms with van der Waals surface area (Å²) >= 11 is 0. The molecule has 10 heteroatoms. The molecule has 9 nitrogen and oxygen atoms in total. The molecule has 0 atom stereocenters. The summed E-state index contributed by atoms with van der Waals surface area (Å²) in [5.74, 6) is -0.874. The molecule has 0 aliphatic rings. The normalized spacial score (nSPS) is 11.5. The Labute approximate surface area is 163 Å². The highest BCUT2D eigenvalue weighted by atomic mass is 19.1. The molecule has 1 aromatic carbocycles. The summed E-state index contributed by atoms with van der Waals surface area (Å²) in [5.41, 5.74) is 0.526. The topological polar surface area (TPSA) is 92.5 Å². The monoisotopic (exact) mass is 399 g/mol. The van der Waals surface area contributed by atoms with Crippen LogP contribution in [0.2, 0.25) is 0 Å². The summed E-state index contributed by atoms with van der Waals surface area (Å²) in [4.78, 5) is 41.9. The molecule has 4 rings (SSSR count). The van der Waals surface area contributed by atoms with Crippen LogP contribution in [-0.4, -0.2) is 36.2 Å². The summed E-state index contributed by atoms with van der Waals surface area (Å²) < 4.78 is 24.2. The van der Waals surface area contributed by atoms with Crippen LogP contribution in [0.5, 0.6) is 0 Å². The number of halogens is 1. The van der Waals surface area contributed by atoms with Crippen LogP contribution in [0.4, 0.5) is 4.39 Å². The Hall–Kier alpha value is -3.69. The lowest BCUT2D eigenvalue weighted by Gasteiger charge is -2.08. The highest BCUT2D eigenvalue weighted by Crippen LogP contribution is 2.25. The minimum atomic E-state index is -0.721. The second-order valence-electron chi connectivity index (χ2n) is 6.69. The largest absolute Gasteiger partial charge is 0.468 e. The van der Waals surface area contributed by atoms with E-state index in [9.17, 15) is 18.8 Å². The first-order valence-electron chi connectivity index (χ1n) is 8.79. The SMILES string of the molecule is COC(=O)Cn1c(=O)c2c(nc3n(-c4ccccc4F)c(C)c(C)n23)n(C)c1=O. The molecular weight excluding hydrogens is 381 g/mol. The van der Waals surface area contributed by atoms with Crippen molar-refractivity contribution < 1.29 is 13.9 Å². The van der Waals surface area contributed by atoms with Crippen molar-refractivity contribution in [3.63, 3.8) is 0 Å². The van der Waals surface area contributed by atoms with Gasteiger partial charge in [0.25, 0.3) is 5.56 Å². The Morgan fingerprint density at radius 3 is 2.52 bits per heavy atom. The van der Waals surface area contributed by atoms with Gasteiger partial charge in [0.2, 0.25) is 5.78 Å². The number of para-hydroxylation sites is 1. The number of benzene rings is 1. The maximum Gasteiger partial charge on any atom is 0.333 e. The molecule has 0 aliphatic heterocycles. The molecule has 0 fully saturated rings. The number of imidazole rings is 2. The summed E-state index contributed by atoms with van der Waals surface area (Å²) in [6.07, 6.45) is 0. The van der Waals surface area contributed by atoms with E-state index in [2.05, 4.69) is 9.72 Å². The fraction of sp³-hybridized carbons (Fsp3) is 0.263. The molecular formula is C19H18FN5O4. The first-order chi connectivity index (χ1) is 13.8. The number of esters is 1. The number of hydrogen-bond acceptors (Lipinski definition) is 5. The third-order valence-corrected chi connectivity index (χ3v) is 5.13. The van der Waals surface area contributed by atoms with E-state index in [1.807, 2.05) is 0 Å². The minimum absolute atomic E-state index is 0.127. The quantitative estimate of drug-likeness (QED) is 0.481. The molecule has 3 aromatic heterocycles. The Balaban J connectivity index is 2.17. The molecule has 0 radical (unpaired) electrons.